The Morgan fingerprint density at radius 1 is 1.14 bits per heavy atom. The number of ether oxygens (including phenoxy) is 1. The summed E-state index contributed by atoms with van der Waals surface area (Å²) in [6.45, 7) is 2.37. The molecule has 6 nitrogen and oxygen atoms in total. The number of fused-ring (bicyclic) bond motifs is 1. The zero-order valence-corrected chi connectivity index (χ0v) is 11.7. The van der Waals surface area contributed by atoms with Crippen molar-refractivity contribution in [1.29, 1.82) is 0 Å². The molecule has 21 heavy (non-hydrogen) atoms. The molecule has 3 rings (SSSR count). The fraction of sp³-hybridized carbons (Fsp3) is 0.467. The Bertz CT molecular complexity index is 554. The lowest BCUT2D eigenvalue weighted by molar-refractivity contribution is -0.141. The van der Waals surface area contributed by atoms with Crippen molar-refractivity contribution >= 4 is 12.0 Å². The van der Waals surface area contributed by atoms with Crippen LogP contribution < -0.4 is 0 Å². The molecule has 2 amide bonds. The van der Waals surface area contributed by atoms with E-state index in [2.05, 4.69) is 0 Å². The lowest BCUT2D eigenvalue weighted by atomic mass is 9.93. The van der Waals surface area contributed by atoms with Gasteiger partial charge in [0.2, 0.25) is 5.91 Å². The van der Waals surface area contributed by atoms with Gasteiger partial charge in [0.25, 0.3) is 0 Å². The summed E-state index contributed by atoms with van der Waals surface area (Å²) in [6.07, 6.45) is -0.602. The molecule has 1 atom stereocenters. The molecular formula is C15H18N2O4. The number of benzene rings is 1. The lowest BCUT2D eigenvalue weighted by Crippen LogP contribution is -2.55. The quantitative estimate of drug-likeness (QED) is 0.836. The van der Waals surface area contributed by atoms with Gasteiger partial charge in [-0.05, 0) is 11.1 Å². The van der Waals surface area contributed by atoms with Gasteiger partial charge in [0.1, 0.15) is 6.04 Å². The summed E-state index contributed by atoms with van der Waals surface area (Å²) >= 11 is 0. The van der Waals surface area contributed by atoms with Gasteiger partial charge in [-0.2, -0.15) is 0 Å². The number of amides is 2. The Labute approximate surface area is 122 Å². The van der Waals surface area contributed by atoms with Gasteiger partial charge in [0, 0.05) is 19.5 Å². The maximum Gasteiger partial charge on any atom is 0.408 e. The fourth-order valence-corrected chi connectivity index (χ4v) is 2.94. The number of hydrogen-bond donors (Lipinski definition) is 1. The maximum absolute atomic E-state index is 12.6. The molecule has 2 aliphatic rings. The molecule has 1 N–H and O–H groups in total. The van der Waals surface area contributed by atoms with Crippen molar-refractivity contribution in [1.82, 2.24) is 9.80 Å². The second kappa shape index (κ2) is 5.73. The van der Waals surface area contributed by atoms with Gasteiger partial charge in [-0.1, -0.05) is 24.3 Å². The van der Waals surface area contributed by atoms with Crippen molar-refractivity contribution < 1.29 is 19.4 Å². The minimum Gasteiger partial charge on any atom is -0.465 e. The number of carbonyl (C=O) groups is 2. The molecule has 1 unspecified atom stereocenters. The van der Waals surface area contributed by atoms with Gasteiger partial charge in [-0.3, -0.25) is 9.69 Å². The molecule has 2 heterocycles. The molecule has 0 saturated carbocycles. The number of hydrogen-bond acceptors (Lipinski definition) is 3. The van der Waals surface area contributed by atoms with Crippen LogP contribution in [0.3, 0.4) is 0 Å². The van der Waals surface area contributed by atoms with E-state index >= 15 is 0 Å². The summed E-state index contributed by atoms with van der Waals surface area (Å²) in [5, 5.41) is 9.41. The highest BCUT2D eigenvalue weighted by atomic mass is 16.5. The Morgan fingerprint density at radius 3 is 2.48 bits per heavy atom. The van der Waals surface area contributed by atoms with Crippen LogP contribution in [-0.4, -0.2) is 59.3 Å². The monoisotopic (exact) mass is 290 g/mol. The van der Waals surface area contributed by atoms with Crippen molar-refractivity contribution in [3.05, 3.63) is 35.4 Å². The van der Waals surface area contributed by atoms with Crippen LogP contribution in [0, 0.1) is 0 Å². The van der Waals surface area contributed by atoms with E-state index in [1.807, 2.05) is 24.3 Å². The highest BCUT2D eigenvalue weighted by Crippen LogP contribution is 2.24. The highest BCUT2D eigenvalue weighted by molar-refractivity contribution is 5.86. The Balaban J connectivity index is 1.85. The molecular weight excluding hydrogens is 272 g/mol. The molecule has 0 aliphatic carbocycles. The zero-order valence-electron chi connectivity index (χ0n) is 11.7. The van der Waals surface area contributed by atoms with Crippen molar-refractivity contribution in [3.8, 4) is 0 Å². The second-order valence-electron chi connectivity index (χ2n) is 5.34. The average Bonchev–Trinajstić information content (AvgIpc) is 2.53. The minimum atomic E-state index is -1.05. The lowest BCUT2D eigenvalue weighted by Gasteiger charge is -2.38. The van der Waals surface area contributed by atoms with Gasteiger partial charge in [-0.25, -0.2) is 4.79 Å². The first kappa shape index (κ1) is 13.9. The summed E-state index contributed by atoms with van der Waals surface area (Å²) in [7, 11) is 0. The predicted molar refractivity (Wildman–Crippen MR) is 74.9 cm³/mol. The van der Waals surface area contributed by atoms with Crippen molar-refractivity contribution in [2.75, 3.05) is 26.3 Å². The van der Waals surface area contributed by atoms with E-state index in [0.29, 0.717) is 32.7 Å². The predicted octanol–water partition coefficient (Wildman–Crippen LogP) is 0.950. The SMILES string of the molecule is O=C(C1Cc2ccccc2CN1C(=O)O)N1CCOCC1. The van der Waals surface area contributed by atoms with E-state index in [1.54, 1.807) is 4.90 Å². The molecule has 0 spiro atoms. The van der Waals surface area contributed by atoms with Crippen LogP contribution in [-0.2, 0) is 22.5 Å². The first-order valence-corrected chi connectivity index (χ1v) is 7.09. The minimum absolute atomic E-state index is 0.116. The van der Waals surface area contributed by atoms with Gasteiger partial charge >= 0.3 is 6.09 Å². The fourth-order valence-electron chi connectivity index (χ4n) is 2.94. The summed E-state index contributed by atoms with van der Waals surface area (Å²) in [5.74, 6) is -0.116. The van der Waals surface area contributed by atoms with Gasteiger partial charge in [-0.15, -0.1) is 0 Å². The first-order valence-electron chi connectivity index (χ1n) is 7.09. The van der Waals surface area contributed by atoms with Crippen molar-refractivity contribution in [2.24, 2.45) is 0 Å². The molecule has 0 bridgehead atoms. The molecule has 0 aromatic heterocycles. The van der Waals surface area contributed by atoms with Gasteiger partial charge < -0.3 is 14.7 Å². The first-order chi connectivity index (χ1) is 10.2. The van der Waals surface area contributed by atoms with Crippen LogP contribution in [0.1, 0.15) is 11.1 Å². The number of morpholine rings is 1. The Kier molecular flexibility index (Phi) is 3.79. The molecule has 1 aromatic rings. The van der Waals surface area contributed by atoms with E-state index in [0.717, 1.165) is 11.1 Å². The molecule has 1 aromatic carbocycles. The van der Waals surface area contributed by atoms with Crippen LogP contribution >= 0.6 is 0 Å². The normalized spacial score (nSPS) is 21.8. The molecule has 112 valence electrons. The van der Waals surface area contributed by atoms with E-state index in [4.69, 9.17) is 4.74 Å². The van der Waals surface area contributed by atoms with E-state index in [-0.39, 0.29) is 12.5 Å². The molecule has 2 aliphatic heterocycles. The molecule has 6 heteroatoms. The Hall–Kier alpha value is -2.08. The molecule has 1 fully saturated rings. The van der Waals surface area contributed by atoms with Gasteiger partial charge in [0.15, 0.2) is 0 Å². The number of carbonyl (C=O) groups excluding carboxylic acids is 1. The third kappa shape index (κ3) is 2.71. The largest absolute Gasteiger partial charge is 0.465 e. The summed E-state index contributed by atoms with van der Waals surface area (Å²) in [5.41, 5.74) is 2.03. The standard InChI is InChI=1S/C15H18N2O4/c18-14(16-5-7-21-8-6-16)13-9-11-3-1-2-4-12(11)10-17(13)15(19)20/h1-4,13H,5-10H2,(H,19,20). The Morgan fingerprint density at radius 2 is 1.81 bits per heavy atom. The van der Waals surface area contributed by atoms with Crippen LogP contribution in [0.4, 0.5) is 4.79 Å². The average molecular weight is 290 g/mol. The molecule has 1 saturated heterocycles. The zero-order chi connectivity index (χ0) is 14.8. The van der Waals surface area contributed by atoms with Crippen molar-refractivity contribution in [2.45, 2.75) is 19.0 Å². The van der Waals surface area contributed by atoms with E-state index in [1.165, 1.54) is 4.90 Å². The second-order valence-corrected chi connectivity index (χ2v) is 5.34. The van der Waals surface area contributed by atoms with Gasteiger partial charge in [0.05, 0.1) is 19.8 Å². The van der Waals surface area contributed by atoms with Crippen LogP contribution in [0.25, 0.3) is 0 Å². The maximum atomic E-state index is 12.6. The van der Waals surface area contributed by atoms with E-state index in [9.17, 15) is 14.7 Å². The third-order valence-corrected chi connectivity index (χ3v) is 4.10. The number of carboxylic acid groups (broad SMARTS) is 1. The topological polar surface area (TPSA) is 70.1 Å². The van der Waals surface area contributed by atoms with Crippen molar-refractivity contribution in [3.63, 3.8) is 0 Å². The summed E-state index contributed by atoms with van der Waals surface area (Å²) in [6, 6.07) is 7.07. The number of nitrogens with zero attached hydrogens (tertiary/aromatic N) is 2. The van der Waals surface area contributed by atoms with Crippen LogP contribution in [0.15, 0.2) is 24.3 Å². The van der Waals surface area contributed by atoms with Crippen LogP contribution in [0.5, 0.6) is 0 Å². The highest BCUT2D eigenvalue weighted by Gasteiger charge is 2.37. The summed E-state index contributed by atoms with van der Waals surface area (Å²) in [4.78, 5) is 27.1. The van der Waals surface area contributed by atoms with E-state index < -0.39 is 12.1 Å². The van der Waals surface area contributed by atoms with Crippen LogP contribution in [0.2, 0.25) is 0 Å². The third-order valence-electron chi connectivity index (χ3n) is 4.10. The summed E-state index contributed by atoms with van der Waals surface area (Å²) < 4.78 is 5.24. The molecule has 0 radical (unpaired) electrons. The number of rotatable bonds is 1. The smallest absolute Gasteiger partial charge is 0.408 e.